The molecule has 2 heterocycles. The first kappa shape index (κ1) is 20.7. The second-order valence-corrected chi connectivity index (χ2v) is 8.69. The third-order valence-electron chi connectivity index (χ3n) is 5.29. The molecule has 1 aromatic carbocycles. The number of nitrogens with zero attached hydrogens (tertiary/aromatic N) is 3. The number of aromatic nitrogens is 2. The predicted octanol–water partition coefficient (Wildman–Crippen LogP) is 5.46. The van der Waals surface area contributed by atoms with E-state index in [4.69, 9.17) is 4.52 Å². The van der Waals surface area contributed by atoms with Gasteiger partial charge in [-0.25, -0.2) is 0 Å². The molecular formula is C23H29N3O3. The number of aryl methyl sites for hydroxylation is 2. The lowest BCUT2D eigenvalue weighted by Crippen LogP contribution is -2.09. The van der Waals surface area contributed by atoms with Crippen molar-refractivity contribution in [2.75, 3.05) is 0 Å². The van der Waals surface area contributed by atoms with E-state index in [1.54, 1.807) is 12.1 Å². The summed E-state index contributed by atoms with van der Waals surface area (Å²) in [4.78, 5) is 0. The molecule has 154 valence electrons. The standard InChI is InChI=1S/C23H29N3O3/c1-14-20(15(2)29-25-14)22-19(13-24-28)26(6)18(11-12-23(3,4)5)21(22)16-7-9-17(27)10-8-16/h7-10,13,27-28H,11-12H2,1-6H3. The molecule has 3 aromatic rings. The van der Waals surface area contributed by atoms with Crippen LogP contribution in [0.2, 0.25) is 0 Å². The molecule has 0 fully saturated rings. The van der Waals surface area contributed by atoms with Crippen LogP contribution in [0, 0.1) is 19.3 Å². The molecule has 2 N–H and O–H groups in total. The first-order valence-corrected chi connectivity index (χ1v) is 9.75. The number of hydrogen-bond acceptors (Lipinski definition) is 5. The lowest BCUT2D eigenvalue weighted by molar-refractivity contribution is 0.321. The number of benzene rings is 1. The highest BCUT2D eigenvalue weighted by Crippen LogP contribution is 2.43. The molecule has 0 radical (unpaired) electrons. The fourth-order valence-corrected chi connectivity index (χ4v) is 3.78. The third-order valence-corrected chi connectivity index (χ3v) is 5.29. The van der Waals surface area contributed by atoms with Gasteiger partial charge in [0.1, 0.15) is 11.5 Å². The number of oxime groups is 1. The van der Waals surface area contributed by atoms with Gasteiger partial charge in [0.25, 0.3) is 0 Å². The van der Waals surface area contributed by atoms with Gasteiger partial charge in [0, 0.05) is 23.9 Å². The molecule has 0 bridgehead atoms. The molecule has 0 aliphatic heterocycles. The van der Waals surface area contributed by atoms with Crippen molar-refractivity contribution in [1.29, 1.82) is 0 Å². The number of phenols is 1. The van der Waals surface area contributed by atoms with Gasteiger partial charge in [0.05, 0.1) is 23.2 Å². The van der Waals surface area contributed by atoms with Crippen LogP contribution in [0.4, 0.5) is 0 Å². The van der Waals surface area contributed by atoms with Gasteiger partial charge in [-0.2, -0.15) is 0 Å². The number of rotatable bonds is 5. The highest BCUT2D eigenvalue weighted by molar-refractivity contribution is 5.99. The molecule has 6 nitrogen and oxygen atoms in total. The maximum Gasteiger partial charge on any atom is 0.141 e. The Labute approximate surface area is 171 Å². The monoisotopic (exact) mass is 395 g/mol. The Balaban J connectivity index is 2.36. The highest BCUT2D eigenvalue weighted by atomic mass is 16.5. The minimum Gasteiger partial charge on any atom is -0.508 e. The van der Waals surface area contributed by atoms with Gasteiger partial charge in [-0.15, -0.1) is 0 Å². The summed E-state index contributed by atoms with van der Waals surface area (Å²) in [5.74, 6) is 0.931. The summed E-state index contributed by atoms with van der Waals surface area (Å²) in [6.45, 7) is 10.5. The molecule has 0 aliphatic rings. The van der Waals surface area contributed by atoms with Gasteiger partial charge in [0.2, 0.25) is 0 Å². The molecule has 29 heavy (non-hydrogen) atoms. The van der Waals surface area contributed by atoms with Crippen LogP contribution in [0.25, 0.3) is 22.3 Å². The van der Waals surface area contributed by atoms with E-state index in [0.29, 0.717) is 5.76 Å². The molecule has 0 saturated heterocycles. The Morgan fingerprint density at radius 3 is 2.28 bits per heavy atom. The number of aromatic hydroxyl groups is 1. The van der Waals surface area contributed by atoms with E-state index < -0.39 is 0 Å². The average Bonchev–Trinajstić information content (AvgIpc) is 3.10. The van der Waals surface area contributed by atoms with Crippen LogP contribution in [0.1, 0.15) is 50.0 Å². The molecule has 3 rings (SSSR count). The lowest BCUT2D eigenvalue weighted by Gasteiger charge is -2.19. The predicted molar refractivity (Wildman–Crippen MR) is 115 cm³/mol. The molecule has 0 aliphatic carbocycles. The van der Waals surface area contributed by atoms with E-state index in [0.717, 1.165) is 52.2 Å². The van der Waals surface area contributed by atoms with Crippen molar-refractivity contribution >= 4 is 6.21 Å². The van der Waals surface area contributed by atoms with Crippen LogP contribution >= 0.6 is 0 Å². The maximum absolute atomic E-state index is 9.78. The topological polar surface area (TPSA) is 83.8 Å². The summed E-state index contributed by atoms with van der Waals surface area (Å²) in [7, 11) is 1.99. The van der Waals surface area contributed by atoms with Crippen molar-refractivity contribution in [2.24, 2.45) is 17.6 Å². The van der Waals surface area contributed by atoms with Crippen molar-refractivity contribution in [3.63, 3.8) is 0 Å². The van der Waals surface area contributed by atoms with Crippen molar-refractivity contribution in [3.05, 3.63) is 47.1 Å². The minimum atomic E-state index is 0.172. The highest BCUT2D eigenvalue weighted by Gasteiger charge is 2.27. The summed E-state index contributed by atoms with van der Waals surface area (Å²) in [6, 6.07) is 7.19. The molecular weight excluding hydrogens is 366 g/mol. The van der Waals surface area contributed by atoms with E-state index in [1.807, 2.05) is 33.0 Å². The Kier molecular flexibility index (Phi) is 5.55. The van der Waals surface area contributed by atoms with E-state index in [9.17, 15) is 10.3 Å². The van der Waals surface area contributed by atoms with Crippen LogP contribution in [0.3, 0.4) is 0 Å². The number of phenolic OH excluding ortho intramolecular Hbond substituents is 1. The quantitative estimate of drug-likeness (QED) is 0.341. The molecule has 2 aromatic heterocycles. The molecule has 6 heteroatoms. The van der Waals surface area contributed by atoms with Crippen molar-refractivity contribution in [2.45, 2.75) is 47.5 Å². The summed E-state index contributed by atoms with van der Waals surface area (Å²) < 4.78 is 7.53. The van der Waals surface area contributed by atoms with Crippen molar-refractivity contribution in [3.8, 4) is 28.0 Å². The fourth-order valence-electron chi connectivity index (χ4n) is 3.78. The van der Waals surface area contributed by atoms with E-state index >= 15 is 0 Å². The van der Waals surface area contributed by atoms with Gasteiger partial charge >= 0.3 is 0 Å². The van der Waals surface area contributed by atoms with Crippen LogP contribution in [0.15, 0.2) is 33.9 Å². The van der Waals surface area contributed by atoms with Crippen molar-refractivity contribution in [1.82, 2.24) is 9.72 Å². The number of hydrogen-bond donors (Lipinski definition) is 2. The van der Waals surface area contributed by atoms with E-state index in [1.165, 1.54) is 6.21 Å². The maximum atomic E-state index is 9.78. The Hall–Kier alpha value is -3.02. The zero-order valence-electron chi connectivity index (χ0n) is 17.9. The zero-order valence-corrected chi connectivity index (χ0v) is 17.9. The van der Waals surface area contributed by atoms with Crippen LogP contribution in [-0.2, 0) is 13.5 Å². The Bertz CT molecular complexity index is 1020. The fraction of sp³-hybridized carbons (Fsp3) is 0.391. The van der Waals surface area contributed by atoms with Crippen LogP contribution < -0.4 is 0 Å². The molecule has 0 amide bonds. The van der Waals surface area contributed by atoms with Gasteiger partial charge in [0.15, 0.2) is 0 Å². The largest absolute Gasteiger partial charge is 0.508 e. The van der Waals surface area contributed by atoms with Crippen LogP contribution in [-0.4, -0.2) is 26.3 Å². The van der Waals surface area contributed by atoms with Gasteiger partial charge in [-0.3, -0.25) is 0 Å². The second-order valence-electron chi connectivity index (χ2n) is 8.69. The molecule has 0 saturated carbocycles. The molecule has 0 unspecified atom stereocenters. The Morgan fingerprint density at radius 1 is 1.10 bits per heavy atom. The lowest BCUT2D eigenvalue weighted by atomic mass is 9.87. The first-order valence-electron chi connectivity index (χ1n) is 9.75. The average molecular weight is 396 g/mol. The summed E-state index contributed by atoms with van der Waals surface area (Å²) in [5.41, 5.74) is 6.73. The van der Waals surface area contributed by atoms with E-state index in [-0.39, 0.29) is 11.2 Å². The summed E-state index contributed by atoms with van der Waals surface area (Å²) >= 11 is 0. The van der Waals surface area contributed by atoms with Gasteiger partial charge < -0.3 is 19.4 Å². The molecule has 0 atom stereocenters. The SMILES string of the molecule is Cc1noc(C)c1-c1c(-c2ccc(O)cc2)c(CCC(C)(C)C)n(C)c1C=NO. The van der Waals surface area contributed by atoms with Crippen molar-refractivity contribution < 1.29 is 14.8 Å². The van der Waals surface area contributed by atoms with Gasteiger partial charge in [-0.1, -0.05) is 43.2 Å². The van der Waals surface area contributed by atoms with Crippen LogP contribution in [0.5, 0.6) is 5.75 Å². The first-order chi connectivity index (χ1) is 13.6. The van der Waals surface area contributed by atoms with E-state index in [2.05, 4.69) is 35.7 Å². The normalized spacial score (nSPS) is 12.2. The zero-order chi connectivity index (χ0) is 21.3. The summed E-state index contributed by atoms with van der Waals surface area (Å²) in [5, 5.41) is 26.6. The smallest absolute Gasteiger partial charge is 0.141 e. The third kappa shape index (κ3) is 4.06. The second kappa shape index (κ2) is 7.78. The Morgan fingerprint density at radius 2 is 1.76 bits per heavy atom. The minimum absolute atomic E-state index is 0.172. The summed E-state index contributed by atoms with van der Waals surface area (Å²) in [6.07, 6.45) is 3.31. The molecule has 0 spiro atoms. The van der Waals surface area contributed by atoms with Gasteiger partial charge in [-0.05, 0) is 49.8 Å².